The van der Waals surface area contributed by atoms with E-state index in [2.05, 4.69) is 20.5 Å². The first-order chi connectivity index (χ1) is 20.3. The number of rotatable bonds is 8. The van der Waals surface area contributed by atoms with Gasteiger partial charge in [0.1, 0.15) is 23.2 Å². The number of benzene rings is 2. The average Bonchev–Trinajstić information content (AvgIpc) is 3.47. The molecule has 0 spiro atoms. The second-order valence-corrected chi connectivity index (χ2v) is 9.96. The topological polar surface area (TPSA) is 131 Å². The Morgan fingerprint density at radius 1 is 1.07 bits per heavy atom. The number of alkyl halides is 3. The van der Waals surface area contributed by atoms with E-state index in [4.69, 9.17) is 5.73 Å². The third-order valence-corrected chi connectivity index (χ3v) is 7.04. The number of Topliss-reactive ketones (excluding diaryl/α,β-unsaturated/α-hetero) is 1. The Kier molecular flexibility index (Phi) is 7.78. The molecule has 0 radical (unpaired) electrons. The summed E-state index contributed by atoms with van der Waals surface area (Å²) in [5, 5.41) is 8.13. The predicted molar refractivity (Wildman–Crippen MR) is 139 cm³/mol. The molecule has 0 saturated carbocycles. The minimum atomic E-state index is -4.87. The van der Waals surface area contributed by atoms with E-state index >= 15 is 0 Å². The number of aromatic amines is 1. The van der Waals surface area contributed by atoms with Gasteiger partial charge in [-0.05, 0) is 47.9 Å². The van der Waals surface area contributed by atoms with Gasteiger partial charge < -0.3 is 11.1 Å². The molecule has 14 heteroatoms. The van der Waals surface area contributed by atoms with Crippen LogP contribution in [0.4, 0.5) is 26.3 Å². The normalized spacial score (nSPS) is 15.3. The summed E-state index contributed by atoms with van der Waals surface area (Å²) >= 11 is 0. The molecule has 0 saturated heterocycles. The number of nitrogens with two attached hydrogens (primary N) is 1. The number of H-pyrrole nitrogens is 1. The molecule has 0 fully saturated rings. The molecule has 5 rings (SSSR count). The summed E-state index contributed by atoms with van der Waals surface area (Å²) in [5.41, 5.74) is 3.93. The number of nitrogens with one attached hydrogen (secondary N) is 2. The van der Waals surface area contributed by atoms with Gasteiger partial charge in [0, 0.05) is 41.9 Å². The maximum atomic E-state index is 14.2. The monoisotopic (exact) mass is 601 g/mol. The summed E-state index contributed by atoms with van der Waals surface area (Å²) in [6.45, 7) is 0. The van der Waals surface area contributed by atoms with E-state index in [9.17, 15) is 40.7 Å². The lowest BCUT2D eigenvalue weighted by Crippen LogP contribution is -2.33. The highest BCUT2D eigenvalue weighted by Crippen LogP contribution is 2.41. The molecule has 4 N–H and O–H groups in total. The van der Waals surface area contributed by atoms with Gasteiger partial charge in [-0.15, -0.1) is 0 Å². The minimum Gasteiger partial charge on any atom is -0.366 e. The number of ketones is 1. The third kappa shape index (κ3) is 6.12. The van der Waals surface area contributed by atoms with E-state index in [1.165, 1.54) is 24.4 Å². The minimum absolute atomic E-state index is 0.0320. The molecule has 2 amide bonds. The lowest BCUT2D eigenvalue weighted by molar-refractivity contribution is -0.142. The second-order valence-electron chi connectivity index (χ2n) is 9.96. The smallest absolute Gasteiger partial charge is 0.366 e. The maximum Gasteiger partial charge on any atom is 0.435 e. The number of aromatic nitrogens is 3. The number of hydrogen-bond acceptors (Lipinski definition) is 5. The van der Waals surface area contributed by atoms with Crippen LogP contribution in [0.1, 0.15) is 56.9 Å². The van der Waals surface area contributed by atoms with Crippen LogP contribution in [-0.4, -0.2) is 32.8 Å². The number of halogens is 6. The number of pyridine rings is 1. The van der Waals surface area contributed by atoms with Crippen molar-refractivity contribution in [2.24, 2.45) is 5.73 Å². The molecular formula is C29H21F6N5O3. The Labute approximate surface area is 239 Å². The summed E-state index contributed by atoms with van der Waals surface area (Å²) < 4.78 is 82.9. The van der Waals surface area contributed by atoms with Gasteiger partial charge in [-0.25, -0.2) is 13.2 Å². The number of nitrogens with zero attached hydrogens (tertiary/aromatic N) is 2. The van der Waals surface area contributed by atoms with Crippen molar-refractivity contribution in [3.05, 3.63) is 106 Å². The van der Waals surface area contributed by atoms with E-state index in [1.54, 1.807) is 6.07 Å². The van der Waals surface area contributed by atoms with Crippen LogP contribution in [0.2, 0.25) is 0 Å². The van der Waals surface area contributed by atoms with Crippen LogP contribution >= 0.6 is 0 Å². The Bertz CT molecular complexity index is 1730. The number of hydrogen-bond donors (Lipinski definition) is 3. The van der Waals surface area contributed by atoms with Crippen molar-refractivity contribution >= 4 is 17.6 Å². The average molecular weight is 602 g/mol. The number of carbonyl (C=O) groups excluding carboxylic acids is 3. The van der Waals surface area contributed by atoms with E-state index in [0.29, 0.717) is 11.6 Å². The van der Waals surface area contributed by atoms with Crippen LogP contribution in [0.25, 0.3) is 11.1 Å². The van der Waals surface area contributed by atoms with Crippen molar-refractivity contribution in [1.82, 2.24) is 20.5 Å². The third-order valence-electron chi connectivity index (χ3n) is 7.04. The fourth-order valence-corrected chi connectivity index (χ4v) is 5.23. The Morgan fingerprint density at radius 3 is 2.47 bits per heavy atom. The lowest BCUT2D eigenvalue weighted by atomic mass is 9.93. The molecule has 222 valence electrons. The first-order valence-corrected chi connectivity index (χ1v) is 12.8. The highest BCUT2D eigenvalue weighted by molar-refractivity contribution is 5.96. The van der Waals surface area contributed by atoms with Gasteiger partial charge in [-0.3, -0.25) is 24.5 Å². The van der Waals surface area contributed by atoms with Gasteiger partial charge in [0.05, 0.1) is 23.2 Å². The van der Waals surface area contributed by atoms with Crippen LogP contribution in [0.15, 0.2) is 54.7 Å². The first-order valence-electron chi connectivity index (χ1n) is 12.8. The Balaban J connectivity index is 1.52. The fraction of sp³-hybridized carbons (Fsp3) is 0.207. The molecule has 1 aliphatic rings. The van der Waals surface area contributed by atoms with Crippen LogP contribution in [0.5, 0.6) is 0 Å². The zero-order valence-electron chi connectivity index (χ0n) is 21.9. The molecule has 8 nitrogen and oxygen atoms in total. The van der Waals surface area contributed by atoms with Crippen molar-refractivity contribution in [3.63, 3.8) is 0 Å². The summed E-state index contributed by atoms with van der Waals surface area (Å²) in [7, 11) is 0. The first kappa shape index (κ1) is 29.5. The number of fused-ring (bicyclic) bond motifs is 1. The van der Waals surface area contributed by atoms with Gasteiger partial charge in [-0.1, -0.05) is 12.1 Å². The molecule has 0 aliphatic heterocycles. The molecule has 2 heterocycles. The van der Waals surface area contributed by atoms with E-state index in [1.807, 2.05) is 0 Å². The molecule has 4 aromatic rings. The standard InChI is InChI=1S/C29H21F6N5O3/c30-15-6-13(7-16(31)10-15)8-22(26-17(2-1-5-37-26)14-3-4-20(32)18(9-14)28(36)43)38-24(42)11-19-23(41)12-21-25(19)27(40-39-21)29(33,34)35/h1-7,9-10,19,22H,8,11-12H2,(H2,36,43)(H,38,42)(H,39,40)/t19?,22-/m0/s1. The van der Waals surface area contributed by atoms with Gasteiger partial charge >= 0.3 is 6.18 Å². The van der Waals surface area contributed by atoms with E-state index in [-0.39, 0.29) is 35.4 Å². The van der Waals surface area contributed by atoms with Gasteiger partial charge in [0.2, 0.25) is 5.91 Å². The zero-order chi connectivity index (χ0) is 31.1. The van der Waals surface area contributed by atoms with Gasteiger partial charge in [-0.2, -0.15) is 18.3 Å². The molecule has 2 atom stereocenters. The van der Waals surface area contributed by atoms with Gasteiger partial charge in [0.25, 0.3) is 5.91 Å². The Hall–Kier alpha value is -5.01. The summed E-state index contributed by atoms with van der Waals surface area (Å²) in [6.07, 6.45) is -4.78. The second kappa shape index (κ2) is 11.3. The van der Waals surface area contributed by atoms with E-state index in [0.717, 1.165) is 18.2 Å². The SMILES string of the molecule is NC(=O)c1cc(-c2cccnc2[C@H](Cc2cc(F)cc(F)c2)NC(=O)CC2C(=O)Cc3[nH]nc(C(F)(F)F)c32)ccc1F. The lowest BCUT2D eigenvalue weighted by Gasteiger charge is -2.22. The zero-order valence-corrected chi connectivity index (χ0v) is 21.9. The van der Waals surface area contributed by atoms with Crippen molar-refractivity contribution in [3.8, 4) is 11.1 Å². The van der Waals surface area contributed by atoms with Crippen molar-refractivity contribution in [2.45, 2.75) is 37.4 Å². The maximum absolute atomic E-state index is 14.2. The summed E-state index contributed by atoms with van der Waals surface area (Å²) in [6, 6.07) is 8.14. The molecule has 1 aliphatic carbocycles. The largest absolute Gasteiger partial charge is 0.435 e. The number of carbonyl (C=O) groups is 3. The predicted octanol–water partition coefficient (Wildman–Crippen LogP) is 4.71. The highest BCUT2D eigenvalue weighted by atomic mass is 19.4. The van der Waals surface area contributed by atoms with Crippen molar-refractivity contribution in [2.75, 3.05) is 0 Å². The fourth-order valence-electron chi connectivity index (χ4n) is 5.23. The molecule has 43 heavy (non-hydrogen) atoms. The van der Waals surface area contributed by atoms with Crippen molar-refractivity contribution < 1.29 is 40.7 Å². The van der Waals surface area contributed by atoms with Crippen molar-refractivity contribution in [1.29, 1.82) is 0 Å². The van der Waals surface area contributed by atoms with Crippen LogP contribution < -0.4 is 11.1 Å². The van der Waals surface area contributed by atoms with Gasteiger partial charge in [0.15, 0.2) is 5.69 Å². The Morgan fingerprint density at radius 2 is 1.79 bits per heavy atom. The molecule has 0 bridgehead atoms. The van der Waals surface area contributed by atoms with E-state index < -0.39 is 76.4 Å². The van der Waals surface area contributed by atoms with Crippen LogP contribution in [0.3, 0.4) is 0 Å². The van der Waals surface area contributed by atoms with Crippen LogP contribution in [0, 0.1) is 17.5 Å². The summed E-state index contributed by atoms with van der Waals surface area (Å²) in [5.74, 6) is -6.60. The molecule has 2 aromatic heterocycles. The van der Waals surface area contributed by atoms with Crippen LogP contribution in [-0.2, 0) is 28.6 Å². The summed E-state index contributed by atoms with van der Waals surface area (Å²) in [4.78, 5) is 42.0. The number of primary amides is 1. The molecule has 2 aromatic carbocycles. The molecule has 1 unspecified atom stereocenters. The molecular weight excluding hydrogens is 580 g/mol. The quantitative estimate of drug-likeness (QED) is 0.252. The highest BCUT2D eigenvalue weighted by Gasteiger charge is 2.45. The number of amides is 2.